The Morgan fingerprint density at radius 1 is 1.60 bits per heavy atom. The number of benzene rings is 1. The third-order valence-corrected chi connectivity index (χ3v) is 2.66. The highest BCUT2D eigenvalue weighted by Gasteiger charge is 2.35. The highest BCUT2D eigenvalue weighted by molar-refractivity contribution is 6.31. The van der Waals surface area contributed by atoms with Crippen molar-refractivity contribution in [3.05, 3.63) is 28.8 Å². The second-order valence-corrected chi connectivity index (χ2v) is 3.67. The molecule has 0 aromatic heterocycles. The molecular weight excluding hydrogens is 218 g/mol. The van der Waals surface area contributed by atoms with Crippen LogP contribution in [0.4, 0.5) is 0 Å². The topological polar surface area (TPSA) is 72.5 Å². The van der Waals surface area contributed by atoms with Crippen molar-refractivity contribution in [2.45, 2.75) is 12.5 Å². The monoisotopic (exact) mass is 229 g/mol. The lowest BCUT2D eigenvalue weighted by atomic mass is 9.95. The summed E-state index contributed by atoms with van der Waals surface area (Å²) in [7, 11) is 1.37. The van der Waals surface area contributed by atoms with Crippen molar-refractivity contribution >= 4 is 17.5 Å². The van der Waals surface area contributed by atoms with Crippen molar-refractivity contribution in [2.24, 2.45) is 5.73 Å². The number of carbonyl (C=O) groups excluding carboxylic acids is 1. The predicted octanol–water partition coefficient (Wildman–Crippen LogP) is 1.39. The van der Waals surface area contributed by atoms with E-state index in [1.807, 2.05) is 0 Å². The van der Waals surface area contributed by atoms with Crippen molar-refractivity contribution in [1.82, 2.24) is 0 Å². The Hall–Kier alpha value is -1.26. The number of nitrogens with two attached hydrogens (primary N) is 1. The first-order valence-corrected chi connectivity index (χ1v) is 4.63. The van der Waals surface area contributed by atoms with Crippen LogP contribution in [0, 0.1) is 0 Å². The minimum Gasteiger partial charge on any atom is -0.508 e. The van der Waals surface area contributed by atoms with Crippen LogP contribution in [0.3, 0.4) is 0 Å². The Morgan fingerprint density at radius 2 is 2.20 bits per heavy atom. The number of phenols is 1. The fourth-order valence-corrected chi connectivity index (χ4v) is 1.59. The molecule has 1 rings (SSSR count). The van der Waals surface area contributed by atoms with E-state index in [0.717, 1.165) is 0 Å². The molecule has 5 heteroatoms. The second kappa shape index (κ2) is 4.08. The van der Waals surface area contributed by atoms with Gasteiger partial charge >= 0.3 is 0 Å². The van der Waals surface area contributed by atoms with Crippen LogP contribution < -0.4 is 5.73 Å². The van der Waals surface area contributed by atoms with E-state index in [1.54, 1.807) is 0 Å². The lowest BCUT2D eigenvalue weighted by Crippen LogP contribution is -2.40. The molecule has 1 aromatic rings. The number of hydrogen-bond acceptors (Lipinski definition) is 3. The van der Waals surface area contributed by atoms with E-state index in [9.17, 15) is 9.90 Å². The normalized spacial score (nSPS) is 14.6. The SMILES string of the molecule is COC(C)(C(N)=O)c1ccc(O)cc1Cl. The van der Waals surface area contributed by atoms with Crippen LogP contribution in [-0.2, 0) is 15.1 Å². The summed E-state index contributed by atoms with van der Waals surface area (Å²) < 4.78 is 5.07. The first-order chi connectivity index (χ1) is 6.91. The largest absolute Gasteiger partial charge is 0.508 e. The van der Waals surface area contributed by atoms with Crippen LogP contribution in [0.1, 0.15) is 12.5 Å². The summed E-state index contributed by atoms with van der Waals surface area (Å²) in [6.07, 6.45) is 0. The maximum absolute atomic E-state index is 11.3. The first-order valence-electron chi connectivity index (χ1n) is 4.26. The molecule has 0 aliphatic heterocycles. The van der Waals surface area contributed by atoms with Crippen LogP contribution in [0.25, 0.3) is 0 Å². The summed E-state index contributed by atoms with van der Waals surface area (Å²) in [5.41, 5.74) is 4.38. The Balaban J connectivity index is 3.30. The van der Waals surface area contributed by atoms with Crippen LogP contribution >= 0.6 is 11.6 Å². The lowest BCUT2D eigenvalue weighted by Gasteiger charge is -2.25. The number of hydrogen-bond donors (Lipinski definition) is 2. The van der Waals surface area contributed by atoms with E-state index in [1.165, 1.54) is 32.2 Å². The third-order valence-electron chi connectivity index (χ3n) is 2.35. The maximum atomic E-state index is 11.3. The highest BCUT2D eigenvalue weighted by Crippen LogP contribution is 2.32. The lowest BCUT2D eigenvalue weighted by molar-refractivity contribution is -0.139. The van der Waals surface area contributed by atoms with Gasteiger partial charge in [-0.2, -0.15) is 0 Å². The minimum atomic E-state index is -1.29. The summed E-state index contributed by atoms with van der Waals surface area (Å²) in [5, 5.41) is 9.41. The summed E-state index contributed by atoms with van der Waals surface area (Å²) in [4.78, 5) is 11.3. The molecule has 0 bridgehead atoms. The highest BCUT2D eigenvalue weighted by atomic mass is 35.5. The molecule has 15 heavy (non-hydrogen) atoms. The van der Waals surface area contributed by atoms with E-state index in [0.29, 0.717) is 5.56 Å². The maximum Gasteiger partial charge on any atom is 0.254 e. The van der Waals surface area contributed by atoms with Crippen molar-refractivity contribution in [2.75, 3.05) is 7.11 Å². The zero-order chi connectivity index (χ0) is 11.6. The number of ether oxygens (including phenoxy) is 1. The van der Waals surface area contributed by atoms with Gasteiger partial charge in [0, 0.05) is 12.7 Å². The number of phenolic OH excluding ortho intramolecular Hbond substituents is 1. The first kappa shape index (κ1) is 11.8. The van der Waals surface area contributed by atoms with Gasteiger partial charge in [-0.25, -0.2) is 0 Å². The zero-order valence-electron chi connectivity index (χ0n) is 8.45. The molecule has 0 heterocycles. The number of primary amides is 1. The molecule has 1 atom stereocenters. The molecule has 0 aliphatic rings. The molecule has 0 saturated carbocycles. The van der Waals surface area contributed by atoms with Crippen molar-refractivity contribution < 1.29 is 14.6 Å². The Morgan fingerprint density at radius 3 is 2.60 bits per heavy atom. The van der Waals surface area contributed by atoms with Crippen LogP contribution in [0.2, 0.25) is 5.02 Å². The summed E-state index contributed by atoms with van der Waals surface area (Å²) >= 11 is 5.89. The standard InChI is InChI=1S/C10H12ClNO3/c1-10(15-2,9(12)14)7-4-3-6(13)5-8(7)11/h3-5,13H,1-2H3,(H2,12,14). The predicted molar refractivity (Wildman–Crippen MR) is 56.7 cm³/mol. The number of amides is 1. The molecular formula is C10H12ClNO3. The number of rotatable bonds is 3. The zero-order valence-corrected chi connectivity index (χ0v) is 9.21. The summed E-state index contributed by atoms with van der Waals surface area (Å²) in [6, 6.07) is 4.25. The van der Waals surface area contributed by atoms with Gasteiger partial charge in [0.15, 0.2) is 5.60 Å². The number of methoxy groups -OCH3 is 1. The van der Waals surface area contributed by atoms with Gasteiger partial charge in [0.2, 0.25) is 0 Å². The fraction of sp³-hybridized carbons (Fsp3) is 0.300. The molecule has 1 aromatic carbocycles. The summed E-state index contributed by atoms with van der Waals surface area (Å²) in [5.74, 6) is -0.621. The second-order valence-electron chi connectivity index (χ2n) is 3.27. The van der Waals surface area contributed by atoms with Gasteiger partial charge in [0.25, 0.3) is 5.91 Å². The molecule has 0 spiro atoms. The van der Waals surface area contributed by atoms with E-state index < -0.39 is 11.5 Å². The number of carbonyl (C=O) groups is 1. The van der Waals surface area contributed by atoms with E-state index in [-0.39, 0.29) is 10.8 Å². The average molecular weight is 230 g/mol. The van der Waals surface area contributed by atoms with Crippen LogP contribution in [0.5, 0.6) is 5.75 Å². The molecule has 4 nitrogen and oxygen atoms in total. The van der Waals surface area contributed by atoms with E-state index in [4.69, 9.17) is 22.1 Å². The summed E-state index contributed by atoms with van der Waals surface area (Å²) in [6.45, 7) is 1.52. The van der Waals surface area contributed by atoms with E-state index in [2.05, 4.69) is 0 Å². The van der Waals surface area contributed by atoms with Crippen molar-refractivity contribution in [3.8, 4) is 5.75 Å². The Kier molecular flexibility index (Phi) is 3.21. The third kappa shape index (κ3) is 2.06. The van der Waals surface area contributed by atoms with Crippen LogP contribution in [0.15, 0.2) is 18.2 Å². The molecule has 0 radical (unpaired) electrons. The smallest absolute Gasteiger partial charge is 0.254 e. The van der Waals surface area contributed by atoms with Gasteiger partial charge in [-0.1, -0.05) is 17.7 Å². The molecule has 0 saturated heterocycles. The van der Waals surface area contributed by atoms with Gasteiger partial charge in [-0.05, 0) is 19.1 Å². The molecule has 1 unspecified atom stereocenters. The van der Waals surface area contributed by atoms with Gasteiger partial charge in [0.05, 0.1) is 5.02 Å². The van der Waals surface area contributed by atoms with Crippen LogP contribution in [-0.4, -0.2) is 18.1 Å². The quantitative estimate of drug-likeness (QED) is 0.823. The van der Waals surface area contributed by atoms with Crippen molar-refractivity contribution in [1.29, 1.82) is 0 Å². The van der Waals surface area contributed by atoms with Gasteiger partial charge in [-0.3, -0.25) is 4.79 Å². The van der Waals surface area contributed by atoms with Gasteiger partial charge in [-0.15, -0.1) is 0 Å². The van der Waals surface area contributed by atoms with E-state index >= 15 is 0 Å². The van der Waals surface area contributed by atoms with Gasteiger partial charge < -0.3 is 15.6 Å². The fourth-order valence-electron chi connectivity index (χ4n) is 1.23. The molecule has 1 amide bonds. The molecule has 82 valence electrons. The molecule has 0 fully saturated rings. The molecule has 3 N–H and O–H groups in total. The van der Waals surface area contributed by atoms with Crippen molar-refractivity contribution in [3.63, 3.8) is 0 Å². The Bertz CT molecular complexity index is 394. The number of aromatic hydroxyl groups is 1. The number of halogens is 1. The minimum absolute atomic E-state index is 0.0201. The molecule has 0 aliphatic carbocycles. The van der Waals surface area contributed by atoms with Gasteiger partial charge in [0.1, 0.15) is 5.75 Å². The Labute approximate surface area is 92.6 Å². The average Bonchev–Trinajstić information content (AvgIpc) is 2.16.